The van der Waals surface area contributed by atoms with Crippen molar-refractivity contribution in [3.63, 3.8) is 0 Å². The van der Waals surface area contributed by atoms with Crippen LogP contribution < -0.4 is 5.56 Å². The summed E-state index contributed by atoms with van der Waals surface area (Å²) in [4.78, 5) is 13.0. The molecule has 0 bridgehead atoms. The van der Waals surface area contributed by atoms with Crippen molar-refractivity contribution >= 4 is 5.52 Å². The lowest BCUT2D eigenvalue weighted by molar-refractivity contribution is 0.319. The van der Waals surface area contributed by atoms with Crippen molar-refractivity contribution in [2.45, 2.75) is 73.1 Å². The van der Waals surface area contributed by atoms with Crippen LogP contribution in [0.25, 0.3) is 5.52 Å². The Morgan fingerprint density at radius 1 is 0.682 bits per heavy atom. The van der Waals surface area contributed by atoms with Crippen molar-refractivity contribution in [3.05, 3.63) is 49.4 Å². The highest BCUT2D eigenvalue weighted by Crippen LogP contribution is 2.55. The second kappa shape index (κ2) is 4.04. The number of rotatable bonds is 0. The number of aryl methyl sites for hydroxylation is 1. The molecule has 0 atom stereocenters. The van der Waals surface area contributed by atoms with Crippen LogP contribution in [-0.2, 0) is 10.8 Å². The maximum Gasteiger partial charge on any atom is 0.258 e. The topological polar surface area (TPSA) is 21.5 Å². The molecule has 2 aromatic rings. The van der Waals surface area contributed by atoms with E-state index in [4.69, 9.17) is 0 Å². The van der Waals surface area contributed by atoms with Gasteiger partial charge in [0.1, 0.15) is 0 Å². The zero-order valence-corrected chi connectivity index (χ0v) is 15.4. The Hall–Kier alpha value is -1.57. The SMILES string of the molecule is Cc1c(C)c(C)n2c(=O)c(C)c(C)c3c2c1C(C)(C)C3(C)C. The minimum absolute atomic E-state index is 0.00806. The molecule has 0 saturated carbocycles. The average molecular weight is 297 g/mol. The zero-order valence-electron chi connectivity index (χ0n) is 15.4. The Morgan fingerprint density at radius 2 is 1.09 bits per heavy atom. The molecule has 2 nitrogen and oxygen atoms in total. The van der Waals surface area contributed by atoms with Gasteiger partial charge in [-0.15, -0.1) is 0 Å². The molecule has 0 aliphatic heterocycles. The number of hydrogen-bond donors (Lipinski definition) is 0. The summed E-state index contributed by atoms with van der Waals surface area (Å²) in [6.45, 7) is 19.8. The smallest absolute Gasteiger partial charge is 0.258 e. The Kier molecular flexibility index (Phi) is 2.81. The van der Waals surface area contributed by atoms with E-state index in [1.165, 1.54) is 33.3 Å². The molecule has 3 rings (SSSR count). The molecular weight excluding hydrogens is 270 g/mol. The fourth-order valence-electron chi connectivity index (χ4n) is 4.42. The molecule has 0 radical (unpaired) electrons. The van der Waals surface area contributed by atoms with E-state index in [9.17, 15) is 4.79 Å². The summed E-state index contributed by atoms with van der Waals surface area (Å²) in [7, 11) is 0. The lowest BCUT2D eigenvalue weighted by Gasteiger charge is -2.38. The van der Waals surface area contributed by atoms with Gasteiger partial charge >= 0.3 is 0 Å². The van der Waals surface area contributed by atoms with E-state index in [1.807, 2.05) is 11.3 Å². The number of nitrogens with zero attached hydrogens (tertiary/aromatic N) is 1. The number of hydrogen-bond acceptors (Lipinski definition) is 1. The molecule has 0 aromatic carbocycles. The first kappa shape index (κ1) is 15.3. The van der Waals surface area contributed by atoms with Crippen molar-refractivity contribution in [2.75, 3.05) is 0 Å². The van der Waals surface area contributed by atoms with Crippen LogP contribution in [0.5, 0.6) is 0 Å². The fraction of sp³-hybridized carbons (Fsp3) is 0.550. The standard InChI is InChI=1S/C20H27NO/c1-10-11(2)15-17-16(20(8,9)19(15,6)7)12(3)13(4)18(22)21(17)14(10)5/h1-9H3. The Labute approximate surface area is 133 Å². The summed E-state index contributed by atoms with van der Waals surface area (Å²) < 4.78 is 1.98. The van der Waals surface area contributed by atoms with E-state index < -0.39 is 0 Å². The molecule has 0 amide bonds. The predicted molar refractivity (Wildman–Crippen MR) is 93.4 cm³/mol. The van der Waals surface area contributed by atoms with Gasteiger partial charge in [-0.3, -0.25) is 9.20 Å². The highest BCUT2D eigenvalue weighted by atomic mass is 16.1. The van der Waals surface area contributed by atoms with Gasteiger partial charge in [-0.2, -0.15) is 0 Å². The van der Waals surface area contributed by atoms with Gasteiger partial charge in [-0.1, -0.05) is 27.7 Å². The average Bonchev–Trinajstić information content (AvgIpc) is 2.57. The van der Waals surface area contributed by atoms with Gasteiger partial charge in [-0.25, -0.2) is 0 Å². The first-order chi connectivity index (χ1) is 9.96. The summed E-state index contributed by atoms with van der Waals surface area (Å²) in [6.07, 6.45) is 0. The van der Waals surface area contributed by atoms with Gasteiger partial charge in [0.05, 0.1) is 5.52 Å². The molecular formula is C20H27NO. The third kappa shape index (κ3) is 1.39. The normalized spacial score (nSPS) is 18.2. The third-order valence-electron chi connectivity index (χ3n) is 6.79. The lowest BCUT2D eigenvalue weighted by atomic mass is 9.65. The molecule has 0 fully saturated rings. The number of aromatic nitrogens is 1. The van der Waals surface area contributed by atoms with Crippen LogP contribution in [0.3, 0.4) is 0 Å². The van der Waals surface area contributed by atoms with E-state index in [0.717, 1.165) is 11.3 Å². The monoisotopic (exact) mass is 297 g/mol. The first-order valence-electron chi connectivity index (χ1n) is 8.12. The molecule has 0 spiro atoms. The summed E-state index contributed by atoms with van der Waals surface area (Å²) in [6, 6.07) is 0. The second-order valence-corrected chi connectivity index (χ2v) is 8.07. The Bertz CT molecular complexity index is 875. The van der Waals surface area contributed by atoms with E-state index in [1.54, 1.807) is 0 Å². The molecule has 1 aliphatic rings. The van der Waals surface area contributed by atoms with Crippen LogP contribution >= 0.6 is 0 Å². The molecule has 2 heteroatoms. The van der Waals surface area contributed by atoms with Gasteiger partial charge in [0.25, 0.3) is 5.56 Å². The second-order valence-electron chi connectivity index (χ2n) is 8.07. The fourth-order valence-corrected chi connectivity index (χ4v) is 4.42. The molecule has 2 heterocycles. The molecule has 1 aliphatic carbocycles. The van der Waals surface area contributed by atoms with Crippen molar-refractivity contribution < 1.29 is 0 Å². The number of pyridine rings is 2. The van der Waals surface area contributed by atoms with Crippen molar-refractivity contribution in [1.29, 1.82) is 0 Å². The lowest BCUT2D eigenvalue weighted by Crippen LogP contribution is -2.37. The summed E-state index contributed by atoms with van der Waals surface area (Å²) in [5.41, 5.74) is 9.77. The highest BCUT2D eigenvalue weighted by molar-refractivity contribution is 5.78. The van der Waals surface area contributed by atoms with Crippen LogP contribution in [-0.4, -0.2) is 4.40 Å². The van der Waals surface area contributed by atoms with Gasteiger partial charge in [0, 0.05) is 22.1 Å². The van der Waals surface area contributed by atoms with E-state index in [0.29, 0.717) is 0 Å². The van der Waals surface area contributed by atoms with Gasteiger partial charge in [-0.05, 0) is 62.4 Å². The van der Waals surface area contributed by atoms with Crippen LogP contribution in [0.15, 0.2) is 4.79 Å². The van der Waals surface area contributed by atoms with Crippen LogP contribution in [0.2, 0.25) is 0 Å². The molecule has 0 unspecified atom stereocenters. The highest BCUT2D eigenvalue weighted by Gasteiger charge is 2.50. The maximum absolute atomic E-state index is 13.0. The molecule has 2 aromatic heterocycles. The molecule has 22 heavy (non-hydrogen) atoms. The van der Waals surface area contributed by atoms with Crippen LogP contribution in [0, 0.1) is 34.6 Å². The van der Waals surface area contributed by atoms with Crippen molar-refractivity contribution in [2.24, 2.45) is 0 Å². The van der Waals surface area contributed by atoms with Gasteiger partial charge < -0.3 is 0 Å². The largest absolute Gasteiger partial charge is 0.280 e. The predicted octanol–water partition coefficient (Wildman–Crippen LogP) is 4.41. The minimum Gasteiger partial charge on any atom is -0.280 e. The Morgan fingerprint density at radius 3 is 1.55 bits per heavy atom. The minimum atomic E-state index is 0.00806. The third-order valence-corrected chi connectivity index (χ3v) is 6.79. The first-order valence-corrected chi connectivity index (χ1v) is 8.12. The molecule has 118 valence electrons. The summed E-state index contributed by atoms with van der Waals surface area (Å²) in [5.74, 6) is 0. The van der Waals surface area contributed by atoms with Crippen molar-refractivity contribution in [1.82, 2.24) is 4.40 Å². The van der Waals surface area contributed by atoms with E-state index in [2.05, 4.69) is 55.4 Å². The van der Waals surface area contributed by atoms with Gasteiger partial charge in [0.2, 0.25) is 0 Å². The quantitative estimate of drug-likeness (QED) is 0.706. The Balaban J connectivity index is 2.80. The maximum atomic E-state index is 13.0. The molecule has 0 N–H and O–H groups in total. The van der Waals surface area contributed by atoms with Gasteiger partial charge in [0.15, 0.2) is 0 Å². The van der Waals surface area contributed by atoms with Crippen LogP contribution in [0.4, 0.5) is 0 Å². The summed E-state index contributed by atoms with van der Waals surface area (Å²) >= 11 is 0. The van der Waals surface area contributed by atoms with Crippen LogP contribution in [0.1, 0.15) is 66.8 Å². The molecule has 0 saturated heterocycles. The zero-order chi connectivity index (χ0) is 16.8. The summed E-state index contributed by atoms with van der Waals surface area (Å²) in [5, 5.41) is 0. The van der Waals surface area contributed by atoms with E-state index in [-0.39, 0.29) is 16.4 Å². The van der Waals surface area contributed by atoms with Crippen molar-refractivity contribution in [3.8, 4) is 0 Å². The van der Waals surface area contributed by atoms with E-state index >= 15 is 0 Å².